The molecule has 0 spiro atoms. The molecule has 124 valence electrons. The first-order chi connectivity index (χ1) is 11.4. The molecule has 0 radical (unpaired) electrons. The SMILES string of the molecule is CC(=O)c1ccc(C(=O)N(C)CC(=O)Nc2cccc(Cl)c2)cc1. The number of hydrogen-bond donors (Lipinski definition) is 1. The number of nitrogens with zero attached hydrogens (tertiary/aromatic N) is 1. The molecule has 0 aliphatic carbocycles. The molecule has 0 saturated heterocycles. The molecule has 0 aliphatic rings. The van der Waals surface area contributed by atoms with Crippen molar-refractivity contribution in [2.75, 3.05) is 18.9 Å². The average molecular weight is 345 g/mol. The van der Waals surface area contributed by atoms with Crippen molar-refractivity contribution >= 4 is 34.9 Å². The summed E-state index contributed by atoms with van der Waals surface area (Å²) in [5.41, 5.74) is 1.52. The van der Waals surface area contributed by atoms with Gasteiger partial charge in [-0.15, -0.1) is 0 Å². The van der Waals surface area contributed by atoms with Crippen molar-refractivity contribution in [3.8, 4) is 0 Å². The van der Waals surface area contributed by atoms with Crippen LogP contribution < -0.4 is 5.32 Å². The second-order valence-corrected chi connectivity index (χ2v) is 5.79. The number of anilines is 1. The zero-order chi connectivity index (χ0) is 17.7. The van der Waals surface area contributed by atoms with E-state index in [1.807, 2.05) is 0 Å². The highest BCUT2D eigenvalue weighted by molar-refractivity contribution is 6.30. The van der Waals surface area contributed by atoms with E-state index >= 15 is 0 Å². The maximum Gasteiger partial charge on any atom is 0.254 e. The third kappa shape index (κ3) is 4.67. The number of halogens is 1. The molecule has 1 N–H and O–H groups in total. The molecule has 2 aromatic rings. The molecule has 2 aromatic carbocycles. The Bertz CT molecular complexity index is 772. The highest BCUT2D eigenvalue weighted by Crippen LogP contribution is 2.15. The van der Waals surface area contributed by atoms with Crippen molar-refractivity contribution in [1.29, 1.82) is 0 Å². The molecule has 0 heterocycles. The Morgan fingerprint density at radius 2 is 1.67 bits per heavy atom. The van der Waals surface area contributed by atoms with Gasteiger partial charge in [0.2, 0.25) is 5.91 Å². The van der Waals surface area contributed by atoms with E-state index in [4.69, 9.17) is 11.6 Å². The Balaban J connectivity index is 1.97. The lowest BCUT2D eigenvalue weighted by molar-refractivity contribution is -0.116. The van der Waals surface area contributed by atoms with Gasteiger partial charge in [-0.2, -0.15) is 0 Å². The number of ketones is 1. The van der Waals surface area contributed by atoms with Crippen LogP contribution in [0.4, 0.5) is 5.69 Å². The summed E-state index contributed by atoms with van der Waals surface area (Å²) in [5.74, 6) is -0.692. The number of hydrogen-bond acceptors (Lipinski definition) is 3. The molecule has 0 unspecified atom stereocenters. The first kappa shape index (κ1) is 17.7. The third-order valence-electron chi connectivity index (χ3n) is 3.37. The monoisotopic (exact) mass is 344 g/mol. The number of nitrogens with one attached hydrogen (secondary N) is 1. The largest absolute Gasteiger partial charge is 0.332 e. The lowest BCUT2D eigenvalue weighted by Crippen LogP contribution is -2.34. The predicted octanol–water partition coefficient (Wildman–Crippen LogP) is 3.25. The van der Waals surface area contributed by atoms with Crippen molar-refractivity contribution < 1.29 is 14.4 Å². The van der Waals surface area contributed by atoms with Gasteiger partial charge in [0.15, 0.2) is 5.78 Å². The third-order valence-corrected chi connectivity index (χ3v) is 3.61. The van der Waals surface area contributed by atoms with E-state index in [0.717, 1.165) is 0 Å². The highest BCUT2D eigenvalue weighted by atomic mass is 35.5. The summed E-state index contributed by atoms with van der Waals surface area (Å²) in [5, 5.41) is 3.20. The van der Waals surface area contributed by atoms with E-state index in [1.54, 1.807) is 55.6 Å². The van der Waals surface area contributed by atoms with Gasteiger partial charge < -0.3 is 10.2 Å². The second kappa shape index (κ2) is 7.75. The Morgan fingerprint density at radius 3 is 2.25 bits per heavy atom. The van der Waals surface area contributed by atoms with Gasteiger partial charge in [-0.1, -0.05) is 29.8 Å². The number of carbonyl (C=O) groups excluding carboxylic acids is 3. The standard InChI is InChI=1S/C18H17ClN2O3/c1-12(22)13-6-8-14(9-7-13)18(24)21(2)11-17(23)20-16-5-3-4-15(19)10-16/h3-10H,11H2,1-2H3,(H,20,23). The Morgan fingerprint density at radius 1 is 1.04 bits per heavy atom. The lowest BCUT2D eigenvalue weighted by atomic mass is 10.1. The van der Waals surface area contributed by atoms with Gasteiger partial charge in [0.25, 0.3) is 5.91 Å². The molecule has 6 heteroatoms. The van der Waals surface area contributed by atoms with Crippen molar-refractivity contribution in [3.05, 3.63) is 64.7 Å². The Kier molecular flexibility index (Phi) is 5.71. The van der Waals surface area contributed by atoms with Crippen LogP contribution >= 0.6 is 11.6 Å². The van der Waals surface area contributed by atoms with Crippen LogP contribution in [0.3, 0.4) is 0 Å². The summed E-state index contributed by atoms with van der Waals surface area (Å²) < 4.78 is 0. The smallest absolute Gasteiger partial charge is 0.254 e. The molecular weight excluding hydrogens is 328 g/mol. The van der Waals surface area contributed by atoms with Gasteiger partial charge in [-0.25, -0.2) is 0 Å². The van der Waals surface area contributed by atoms with Crippen LogP contribution in [0.2, 0.25) is 5.02 Å². The Hall–Kier alpha value is -2.66. The molecule has 2 rings (SSSR count). The summed E-state index contributed by atoms with van der Waals surface area (Å²) in [6.07, 6.45) is 0. The zero-order valence-corrected chi connectivity index (χ0v) is 14.1. The summed E-state index contributed by atoms with van der Waals surface area (Å²) in [4.78, 5) is 36.9. The maximum atomic E-state index is 12.3. The minimum absolute atomic E-state index is 0.0664. The van der Waals surface area contributed by atoms with Gasteiger partial charge in [0, 0.05) is 28.9 Å². The van der Waals surface area contributed by atoms with Crippen LogP contribution in [-0.2, 0) is 4.79 Å². The number of Topliss-reactive ketones (excluding diaryl/α,β-unsaturated/α-hetero) is 1. The molecule has 0 atom stereocenters. The predicted molar refractivity (Wildman–Crippen MR) is 93.5 cm³/mol. The van der Waals surface area contributed by atoms with Gasteiger partial charge in [-0.05, 0) is 37.3 Å². The molecule has 24 heavy (non-hydrogen) atoms. The second-order valence-electron chi connectivity index (χ2n) is 5.35. The number of benzene rings is 2. The fourth-order valence-corrected chi connectivity index (χ4v) is 2.31. The molecule has 0 fully saturated rings. The van der Waals surface area contributed by atoms with Gasteiger partial charge >= 0.3 is 0 Å². The van der Waals surface area contributed by atoms with Crippen LogP contribution in [-0.4, -0.2) is 36.1 Å². The summed E-state index contributed by atoms with van der Waals surface area (Å²) in [6, 6.07) is 13.1. The van der Waals surface area contributed by atoms with Crippen molar-refractivity contribution in [2.24, 2.45) is 0 Å². The quantitative estimate of drug-likeness (QED) is 0.847. The highest BCUT2D eigenvalue weighted by Gasteiger charge is 2.15. The fourth-order valence-electron chi connectivity index (χ4n) is 2.12. The van der Waals surface area contributed by atoms with E-state index < -0.39 is 0 Å². The van der Waals surface area contributed by atoms with Gasteiger partial charge in [-0.3, -0.25) is 14.4 Å². The first-order valence-electron chi connectivity index (χ1n) is 7.28. The van der Waals surface area contributed by atoms with E-state index in [2.05, 4.69) is 5.32 Å². The number of likely N-dealkylation sites (N-methyl/N-ethyl adjacent to an activating group) is 1. The van der Waals surface area contributed by atoms with Gasteiger partial charge in [0.1, 0.15) is 0 Å². The minimum atomic E-state index is -0.325. The van der Waals surface area contributed by atoms with Crippen LogP contribution in [0.25, 0.3) is 0 Å². The first-order valence-corrected chi connectivity index (χ1v) is 7.66. The number of amides is 2. The van der Waals surface area contributed by atoms with Crippen molar-refractivity contribution in [3.63, 3.8) is 0 Å². The summed E-state index contributed by atoms with van der Waals surface area (Å²) in [6.45, 7) is 1.36. The summed E-state index contributed by atoms with van der Waals surface area (Å²) in [7, 11) is 1.54. The molecule has 2 amide bonds. The van der Waals surface area contributed by atoms with Crippen molar-refractivity contribution in [2.45, 2.75) is 6.92 Å². The van der Waals surface area contributed by atoms with Gasteiger partial charge in [0.05, 0.1) is 6.54 Å². The van der Waals surface area contributed by atoms with Crippen LogP contribution in [0.1, 0.15) is 27.6 Å². The number of carbonyl (C=O) groups is 3. The summed E-state index contributed by atoms with van der Waals surface area (Å²) >= 11 is 5.86. The normalized spacial score (nSPS) is 10.1. The maximum absolute atomic E-state index is 12.3. The molecule has 0 saturated carbocycles. The van der Waals surface area contributed by atoms with Crippen LogP contribution in [0.15, 0.2) is 48.5 Å². The van der Waals surface area contributed by atoms with E-state index in [0.29, 0.717) is 21.8 Å². The van der Waals surface area contributed by atoms with Crippen molar-refractivity contribution in [1.82, 2.24) is 4.90 Å². The molecular formula is C18H17ClN2O3. The van der Waals surface area contributed by atoms with Crippen LogP contribution in [0.5, 0.6) is 0 Å². The Labute approximate surface area is 145 Å². The average Bonchev–Trinajstić information content (AvgIpc) is 2.54. The topological polar surface area (TPSA) is 66.5 Å². The molecule has 5 nitrogen and oxygen atoms in total. The zero-order valence-electron chi connectivity index (χ0n) is 13.4. The molecule has 0 aromatic heterocycles. The van der Waals surface area contributed by atoms with E-state index in [9.17, 15) is 14.4 Å². The number of rotatable bonds is 5. The van der Waals surface area contributed by atoms with Crippen LogP contribution in [0, 0.1) is 0 Å². The van der Waals surface area contributed by atoms with E-state index in [1.165, 1.54) is 11.8 Å². The minimum Gasteiger partial charge on any atom is -0.332 e. The lowest BCUT2D eigenvalue weighted by Gasteiger charge is -2.17. The fraction of sp³-hybridized carbons (Fsp3) is 0.167. The molecule has 0 aliphatic heterocycles. The molecule has 0 bridgehead atoms. The van der Waals surface area contributed by atoms with E-state index in [-0.39, 0.29) is 24.1 Å².